The molecule has 6 heteroatoms. The zero-order valence-corrected chi connectivity index (χ0v) is 12.3. The maximum absolute atomic E-state index is 8.84. The summed E-state index contributed by atoms with van der Waals surface area (Å²) >= 11 is 3.35. The zero-order valence-electron chi connectivity index (χ0n) is 10.7. The fraction of sp³-hybridized carbons (Fsp3) is 0.0714. The van der Waals surface area contributed by atoms with Crippen LogP contribution < -0.4 is 15.2 Å². The van der Waals surface area contributed by atoms with Gasteiger partial charge < -0.3 is 20.4 Å². The number of ether oxygens (including phenoxy) is 2. The van der Waals surface area contributed by atoms with Crippen LogP contribution in [-0.4, -0.2) is 18.2 Å². The van der Waals surface area contributed by atoms with E-state index in [9.17, 15) is 0 Å². The van der Waals surface area contributed by atoms with E-state index in [1.165, 1.54) is 0 Å². The molecule has 0 atom stereocenters. The molecule has 0 aliphatic carbocycles. The largest absolute Gasteiger partial charge is 0.497 e. The summed E-state index contributed by atoms with van der Waals surface area (Å²) in [5.74, 6) is 1.82. The molecule has 0 aliphatic rings. The summed E-state index contributed by atoms with van der Waals surface area (Å²) in [6.07, 6.45) is 0. The van der Waals surface area contributed by atoms with E-state index in [-0.39, 0.29) is 5.84 Å². The van der Waals surface area contributed by atoms with Gasteiger partial charge in [-0.05, 0) is 52.3 Å². The minimum absolute atomic E-state index is 0.0269. The van der Waals surface area contributed by atoms with Crippen molar-refractivity contribution >= 4 is 21.8 Å². The molecule has 0 saturated carbocycles. The van der Waals surface area contributed by atoms with Crippen molar-refractivity contribution in [1.29, 1.82) is 0 Å². The van der Waals surface area contributed by atoms with Crippen molar-refractivity contribution in [2.24, 2.45) is 10.9 Å². The third-order valence-corrected chi connectivity index (χ3v) is 3.29. The highest BCUT2D eigenvalue weighted by molar-refractivity contribution is 9.10. The Balaban J connectivity index is 2.35. The standard InChI is InChI=1S/C14H13BrN2O3/c1-19-9-5-7-10(8-6-9)20-12-4-2-3-11(15)13(12)14(16)17-18/h2-8,18H,1H3,(H2,16,17). The molecule has 5 nitrogen and oxygen atoms in total. The van der Waals surface area contributed by atoms with Crippen LogP contribution in [0, 0.1) is 0 Å². The number of hydrogen-bond donors (Lipinski definition) is 2. The van der Waals surface area contributed by atoms with E-state index in [1.54, 1.807) is 49.6 Å². The Morgan fingerprint density at radius 3 is 2.40 bits per heavy atom. The highest BCUT2D eigenvalue weighted by Gasteiger charge is 2.13. The van der Waals surface area contributed by atoms with Gasteiger partial charge in [0.2, 0.25) is 0 Å². The highest BCUT2D eigenvalue weighted by Crippen LogP contribution is 2.31. The fourth-order valence-corrected chi connectivity index (χ4v) is 2.21. The summed E-state index contributed by atoms with van der Waals surface area (Å²) in [5, 5.41) is 11.9. The molecule has 0 unspecified atom stereocenters. The number of oxime groups is 1. The van der Waals surface area contributed by atoms with Gasteiger partial charge in [0, 0.05) is 4.47 Å². The van der Waals surface area contributed by atoms with E-state index in [4.69, 9.17) is 20.4 Å². The smallest absolute Gasteiger partial charge is 0.175 e. The van der Waals surface area contributed by atoms with E-state index < -0.39 is 0 Å². The molecule has 2 aromatic rings. The first-order valence-electron chi connectivity index (χ1n) is 5.74. The fourth-order valence-electron chi connectivity index (χ4n) is 1.66. The Kier molecular flexibility index (Phi) is 4.47. The molecular weight excluding hydrogens is 324 g/mol. The van der Waals surface area contributed by atoms with Crippen LogP contribution in [-0.2, 0) is 0 Å². The third-order valence-electron chi connectivity index (χ3n) is 2.63. The Morgan fingerprint density at radius 2 is 1.80 bits per heavy atom. The normalized spacial score (nSPS) is 11.2. The van der Waals surface area contributed by atoms with E-state index in [2.05, 4.69) is 21.1 Å². The lowest BCUT2D eigenvalue weighted by Gasteiger charge is -2.12. The summed E-state index contributed by atoms with van der Waals surface area (Å²) in [4.78, 5) is 0. The van der Waals surface area contributed by atoms with Crippen LogP contribution in [0.25, 0.3) is 0 Å². The second-order valence-corrected chi connectivity index (χ2v) is 4.73. The van der Waals surface area contributed by atoms with Crippen molar-refractivity contribution in [3.05, 3.63) is 52.5 Å². The van der Waals surface area contributed by atoms with Gasteiger partial charge in [0.15, 0.2) is 5.84 Å². The number of nitrogens with two attached hydrogens (primary N) is 1. The molecule has 3 N–H and O–H groups in total. The first-order chi connectivity index (χ1) is 9.65. The Hall–Kier alpha value is -2.21. The monoisotopic (exact) mass is 336 g/mol. The van der Waals surface area contributed by atoms with Gasteiger partial charge in [0.1, 0.15) is 17.2 Å². The van der Waals surface area contributed by atoms with E-state index in [0.717, 1.165) is 5.75 Å². The highest BCUT2D eigenvalue weighted by atomic mass is 79.9. The Bertz CT molecular complexity index is 627. The van der Waals surface area contributed by atoms with Crippen LogP contribution in [0.2, 0.25) is 0 Å². The molecule has 0 heterocycles. The molecular formula is C14H13BrN2O3. The minimum atomic E-state index is -0.0269. The van der Waals surface area contributed by atoms with Crippen LogP contribution in [0.15, 0.2) is 52.1 Å². The van der Waals surface area contributed by atoms with Crippen molar-refractivity contribution in [2.75, 3.05) is 7.11 Å². The second-order valence-electron chi connectivity index (χ2n) is 3.88. The van der Waals surface area contributed by atoms with Gasteiger partial charge in [-0.2, -0.15) is 0 Å². The lowest BCUT2D eigenvalue weighted by molar-refractivity contribution is 0.318. The maximum atomic E-state index is 8.84. The average molecular weight is 337 g/mol. The van der Waals surface area contributed by atoms with Crippen LogP contribution in [0.4, 0.5) is 0 Å². The number of halogens is 1. The third kappa shape index (κ3) is 3.03. The lowest BCUT2D eigenvalue weighted by atomic mass is 10.2. The van der Waals surface area contributed by atoms with Crippen LogP contribution in [0.5, 0.6) is 17.2 Å². The SMILES string of the molecule is COc1ccc(Oc2cccc(Br)c2/C(N)=N/O)cc1. The summed E-state index contributed by atoms with van der Waals surface area (Å²) < 4.78 is 11.5. The molecule has 2 aromatic carbocycles. The van der Waals surface area contributed by atoms with Gasteiger partial charge in [-0.1, -0.05) is 11.2 Å². The van der Waals surface area contributed by atoms with E-state index in [1.807, 2.05) is 0 Å². The van der Waals surface area contributed by atoms with Crippen molar-refractivity contribution in [3.63, 3.8) is 0 Å². The lowest BCUT2D eigenvalue weighted by Crippen LogP contribution is -2.15. The molecule has 20 heavy (non-hydrogen) atoms. The number of amidine groups is 1. The van der Waals surface area contributed by atoms with Gasteiger partial charge in [0.05, 0.1) is 12.7 Å². The molecule has 0 saturated heterocycles. The van der Waals surface area contributed by atoms with Crippen molar-refractivity contribution < 1.29 is 14.7 Å². The van der Waals surface area contributed by atoms with Crippen molar-refractivity contribution in [1.82, 2.24) is 0 Å². The quantitative estimate of drug-likeness (QED) is 0.388. The minimum Gasteiger partial charge on any atom is -0.497 e. The summed E-state index contributed by atoms with van der Waals surface area (Å²) in [5.41, 5.74) is 6.16. The predicted molar refractivity (Wildman–Crippen MR) is 79.7 cm³/mol. The predicted octanol–water partition coefficient (Wildman–Crippen LogP) is 3.34. The van der Waals surface area contributed by atoms with Crippen molar-refractivity contribution in [2.45, 2.75) is 0 Å². The first kappa shape index (κ1) is 14.2. The van der Waals surface area contributed by atoms with Crippen LogP contribution in [0.1, 0.15) is 5.56 Å². The molecule has 0 aliphatic heterocycles. The van der Waals surface area contributed by atoms with E-state index >= 15 is 0 Å². The number of nitrogens with zero attached hydrogens (tertiary/aromatic N) is 1. The molecule has 0 fully saturated rings. The molecule has 104 valence electrons. The maximum Gasteiger partial charge on any atom is 0.175 e. The number of benzene rings is 2. The van der Waals surface area contributed by atoms with Crippen LogP contribution >= 0.6 is 15.9 Å². The Labute approximate surface area is 124 Å². The molecule has 0 bridgehead atoms. The summed E-state index contributed by atoms with van der Waals surface area (Å²) in [6.45, 7) is 0. The number of rotatable bonds is 4. The second kappa shape index (κ2) is 6.29. The van der Waals surface area contributed by atoms with Gasteiger partial charge in [0.25, 0.3) is 0 Å². The van der Waals surface area contributed by atoms with Crippen molar-refractivity contribution in [3.8, 4) is 17.2 Å². The topological polar surface area (TPSA) is 77.1 Å². The molecule has 2 rings (SSSR count). The number of hydrogen-bond acceptors (Lipinski definition) is 4. The molecule has 0 aromatic heterocycles. The summed E-state index contributed by atoms with van der Waals surface area (Å²) in [6, 6.07) is 12.5. The van der Waals surface area contributed by atoms with Gasteiger partial charge in [-0.25, -0.2) is 0 Å². The zero-order chi connectivity index (χ0) is 14.5. The molecule has 0 spiro atoms. The van der Waals surface area contributed by atoms with Gasteiger partial charge in [-0.3, -0.25) is 0 Å². The van der Waals surface area contributed by atoms with E-state index in [0.29, 0.717) is 21.5 Å². The van der Waals surface area contributed by atoms with Gasteiger partial charge >= 0.3 is 0 Å². The Morgan fingerprint density at radius 1 is 1.15 bits per heavy atom. The summed E-state index contributed by atoms with van der Waals surface area (Å²) in [7, 11) is 1.60. The average Bonchev–Trinajstić information content (AvgIpc) is 2.47. The molecule has 0 radical (unpaired) electrons. The van der Waals surface area contributed by atoms with Crippen LogP contribution in [0.3, 0.4) is 0 Å². The van der Waals surface area contributed by atoms with Gasteiger partial charge in [-0.15, -0.1) is 0 Å². The molecule has 0 amide bonds. The first-order valence-corrected chi connectivity index (χ1v) is 6.53. The number of methoxy groups -OCH3 is 1.